The van der Waals surface area contributed by atoms with E-state index in [0.717, 1.165) is 4.47 Å². The summed E-state index contributed by atoms with van der Waals surface area (Å²) in [6.07, 6.45) is 0.412. The molecule has 0 spiro atoms. The molecule has 14 heavy (non-hydrogen) atoms. The van der Waals surface area contributed by atoms with Crippen molar-refractivity contribution in [3.05, 3.63) is 34.1 Å². The van der Waals surface area contributed by atoms with Crippen LogP contribution in [0.25, 0.3) is 0 Å². The standard InChI is InChI=1S/C10H11BrFNO/c1-2-10(14)13-6-7-5-8(11)3-4-9(7)12/h3-5H,2,6H2,1H3,(H,13,14). The Kier molecular flexibility index (Phi) is 4.07. The van der Waals surface area contributed by atoms with Gasteiger partial charge in [-0.15, -0.1) is 0 Å². The Morgan fingerprint density at radius 2 is 2.29 bits per heavy atom. The largest absolute Gasteiger partial charge is 0.352 e. The lowest BCUT2D eigenvalue weighted by atomic mass is 10.2. The molecule has 1 N–H and O–H groups in total. The van der Waals surface area contributed by atoms with Crippen LogP contribution in [-0.4, -0.2) is 5.91 Å². The van der Waals surface area contributed by atoms with Crippen LogP contribution in [-0.2, 0) is 11.3 Å². The van der Waals surface area contributed by atoms with E-state index < -0.39 is 0 Å². The highest BCUT2D eigenvalue weighted by Gasteiger charge is 2.03. The number of halogens is 2. The van der Waals surface area contributed by atoms with Gasteiger partial charge >= 0.3 is 0 Å². The first kappa shape index (κ1) is 11.2. The van der Waals surface area contributed by atoms with E-state index >= 15 is 0 Å². The van der Waals surface area contributed by atoms with E-state index in [9.17, 15) is 9.18 Å². The molecule has 0 aliphatic carbocycles. The van der Waals surface area contributed by atoms with Crippen LogP contribution in [0.2, 0.25) is 0 Å². The lowest BCUT2D eigenvalue weighted by molar-refractivity contribution is -0.120. The first-order chi connectivity index (χ1) is 6.63. The summed E-state index contributed by atoms with van der Waals surface area (Å²) in [5.41, 5.74) is 0.487. The molecule has 76 valence electrons. The van der Waals surface area contributed by atoms with Gasteiger partial charge in [-0.2, -0.15) is 0 Å². The summed E-state index contributed by atoms with van der Waals surface area (Å²) >= 11 is 3.24. The third-order valence-corrected chi connectivity index (χ3v) is 2.30. The molecular weight excluding hydrogens is 249 g/mol. The molecule has 0 aliphatic rings. The van der Waals surface area contributed by atoms with Crippen molar-refractivity contribution in [2.24, 2.45) is 0 Å². The Morgan fingerprint density at radius 1 is 1.57 bits per heavy atom. The number of benzene rings is 1. The van der Waals surface area contributed by atoms with E-state index in [2.05, 4.69) is 21.2 Å². The maximum atomic E-state index is 13.2. The lowest BCUT2D eigenvalue weighted by Gasteiger charge is -2.05. The van der Waals surface area contributed by atoms with Gasteiger partial charge < -0.3 is 5.32 Å². The topological polar surface area (TPSA) is 29.1 Å². The minimum atomic E-state index is -0.301. The van der Waals surface area contributed by atoms with E-state index in [-0.39, 0.29) is 18.3 Å². The van der Waals surface area contributed by atoms with Crippen molar-refractivity contribution in [1.29, 1.82) is 0 Å². The molecule has 0 atom stereocenters. The summed E-state index contributed by atoms with van der Waals surface area (Å²) in [5, 5.41) is 2.62. The van der Waals surface area contributed by atoms with Crippen molar-refractivity contribution >= 4 is 21.8 Å². The lowest BCUT2D eigenvalue weighted by Crippen LogP contribution is -2.21. The zero-order valence-electron chi connectivity index (χ0n) is 7.81. The summed E-state index contributed by atoms with van der Waals surface area (Å²) in [6.45, 7) is 1.99. The second kappa shape index (κ2) is 5.10. The average Bonchev–Trinajstić information content (AvgIpc) is 2.19. The van der Waals surface area contributed by atoms with Crippen LogP contribution in [0.4, 0.5) is 4.39 Å². The predicted molar refractivity (Wildman–Crippen MR) is 56.2 cm³/mol. The highest BCUT2D eigenvalue weighted by molar-refractivity contribution is 9.10. The molecule has 1 amide bonds. The molecule has 1 aromatic carbocycles. The molecule has 0 saturated carbocycles. The molecule has 0 aromatic heterocycles. The fraction of sp³-hybridized carbons (Fsp3) is 0.300. The number of nitrogens with one attached hydrogen (secondary N) is 1. The number of carbonyl (C=O) groups is 1. The molecular formula is C10H11BrFNO. The Hall–Kier alpha value is -0.900. The second-order valence-electron chi connectivity index (χ2n) is 2.87. The minimum absolute atomic E-state index is 0.0793. The molecule has 2 nitrogen and oxygen atoms in total. The van der Waals surface area contributed by atoms with Crippen LogP contribution < -0.4 is 5.32 Å². The molecule has 4 heteroatoms. The van der Waals surface area contributed by atoms with Crippen LogP contribution in [0, 0.1) is 5.82 Å². The normalized spacial score (nSPS) is 9.93. The Labute approximate surface area is 90.6 Å². The number of carbonyl (C=O) groups excluding carboxylic acids is 1. The zero-order chi connectivity index (χ0) is 10.6. The van der Waals surface area contributed by atoms with Crippen LogP contribution in [0.1, 0.15) is 18.9 Å². The Morgan fingerprint density at radius 3 is 2.93 bits per heavy atom. The summed E-state index contributed by atoms with van der Waals surface area (Å²) in [7, 11) is 0. The third kappa shape index (κ3) is 3.10. The van der Waals surface area contributed by atoms with Crippen molar-refractivity contribution in [2.45, 2.75) is 19.9 Å². The minimum Gasteiger partial charge on any atom is -0.352 e. The fourth-order valence-electron chi connectivity index (χ4n) is 0.998. The molecule has 1 rings (SSSR count). The Balaban J connectivity index is 2.66. The van der Waals surface area contributed by atoms with Crippen molar-refractivity contribution in [2.75, 3.05) is 0 Å². The van der Waals surface area contributed by atoms with Gasteiger partial charge in [0.2, 0.25) is 5.91 Å². The van der Waals surface area contributed by atoms with Crippen molar-refractivity contribution in [3.8, 4) is 0 Å². The molecule has 0 unspecified atom stereocenters. The number of amides is 1. The van der Waals surface area contributed by atoms with E-state index in [1.165, 1.54) is 6.07 Å². The van der Waals surface area contributed by atoms with Crippen LogP contribution >= 0.6 is 15.9 Å². The van der Waals surface area contributed by atoms with Gasteiger partial charge in [-0.1, -0.05) is 22.9 Å². The fourth-order valence-corrected chi connectivity index (χ4v) is 1.41. The molecule has 0 fully saturated rings. The highest BCUT2D eigenvalue weighted by Crippen LogP contribution is 2.15. The van der Waals surface area contributed by atoms with E-state index in [1.807, 2.05) is 0 Å². The summed E-state index contributed by atoms with van der Waals surface area (Å²) < 4.78 is 14.0. The molecule has 0 radical (unpaired) electrons. The monoisotopic (exact) mass is 259 g/mol. The maximum Gasteiger partial charge on any atom is 0.219 e. The van der Waals surface area contributed by atoms with Gasteiger partial charge in [-0.3, -0.25) is 4.79 Å². The van der Waals surface area contributed by atoms with E-state index in [4.69, 9.17) is 0 Å². The van der Waals surface area contributed by atoms with Crippen molar-refractivity contribution in [1.82, 2.24) is 5.32 Å². The first-order valence-corrected chi connectivity index (χ1v) is 5.13. The van der Waals surface area contributed by atoms with Gasteiger partial charge in [0, 0.05) is 23.0 Å². The SMILES string of the molecule is CCC(=O)NCc1cc(Br)ccc1F. The molecule has 1 aromatic rings. The summed E-state index contributed by atoms with van der Waals surface area (Å²) in [5.74, 6) is -0.381. The van der Waals surface area contributed by atoms with Crippen molar-refractivity contribution < 1.29 is 9.18 Å². The molecule has 0 saturated heterocycles. The van der Waals surface area contributed by atoms with Gasteiger partial charge in [-0.25, -0.2) is 4.39 Å². The van der Waals surface area contributed by atoms with Crippen LogP contribution in [0.5, 0.6) is 0 Å². The van der Waals surface area contributed by atoms with Gasteiger partial charge in [0.15, 0.2) is 0 Å². The second-order valence-corrected chi connectivity index (χ2v) is 3.78. The van der Waals surface area contributed by atoms with E-state index in [1.54, 1.807) is 19.1 Å². The highest BCUT2D eigenvalue weighted by atomic mass is 79.9. The average molecular weight is 260 g/mol. The van der Waals surface area contributed by atoms with Crippen LogP contribution in [0.15, 0.2) is 22.7 Å². The van der Waals surface area contributed by atoms with Gasteiger partial charge in [0.25, 0.3) is 0 Å². The summed E-state index contributed by atoms with van der Waals surface area (Å²) in [6, 6.07) is 4.66. The third-order valence-electron chi connectivity index (χ3n) is 1.80. The molecule has 0 bridgehead atoms. The predicted octanol–water partition coefficient (Wildman–Crippen LogP) is 2.61. The summed E-state index contributed by atoms with van der Waals surface area (Å²) in [4.78, 5) is 10.9. The van der Waals surface area contributed by atoms with E-state index in [0.29, 0.717) is 12.0 Å². The van der Waals surface area contributed by atoms with Crippen molar-refractivity contribution in [3.63, 3.8) is 0 Å². The molecule has 0 aliphatic heterocycles. The first-order valence-electron chi connectivity index (χ1n) is 4.34. The number of hydrogen-bond donors (Lipinski definition) is 1. The van der Waals surface area contributed by atoms with Gasteiger partial charge in [-0.05, 0) is 18.2 Å². The maximum absolute atomic E-state index is 13.2. The quantitative estimate of drug-likeness (QED) is 0.889. The van der Waals surface area contributed by atoms with Gasteiger partial charge in [0.05, 0.1) is 0 Å². The molecule has 0 heterocycles. The zero-order valence-corrected chi connectivity index (χ0v) is 9.40. The number of hydrogen-bond acceptors (Lipinski definition) is 1. The van der Waals surface area contributed by atoms with Gasteiger partial charge in [0.1, 0.15) is 5.82 Å². The Bertz CT molecular complexity index is 341. The number of rotatable bonds is 3. The van der Waals surface area contributed by atoms with Crippen LogP contribution in [0.3, 0.4) is 0 Å². The smallest absolute Gasteiger partial charge is 0.219 e.